The first-order chi connectivity index (χ1) is 8.62. The van der Waals surface area contributed by atoms with Crippen LogP contribution in [0.2, 0.25) is 5.15 Å². The molecular weight excluding hydrogens is 252 g/mol. The quantitative estimate of drug-likeness (QED) is 0.806. The van der Waals surface area contributed by atoms with Crippen LogP contribution in [-0.4, -0.2) is 40.6 Å². The van der Waals surface area contributed by atoms with E-state index < -0.39 is 0 Å². The van der Waals surface area contributed by atoms with Crippen LogP contribution in [0.25, 0.3) is 0 Å². The van der Waals surface area contributed by atoms with Crippen LogP contribution in [0.15, 0.2) is 12.1 Å². The Morgan fingerprint density at radius 2 is 2.17 bits per heavy atom. The molecule has 1 heterocycles. The summed E-state index contributed by atoms with van der Waals surface area (Å²) in [6.45, 7) is 5.13. The number of hydrogen-bond acceptors (Lipinski definition) is 3. The third-order valence-corrected chi connectivity index (χ3v) is 2.91. The largest absolute Gasteiger partial charge is 0.396 e. The fourth-order valence-corrected chi connectivity index (χ4v) is 1.93. The lowest BCUT2D eigenvalue weighted by Gasteiger charge is -2.20. The first kappa shape index (κ1) is 14.9. The van der Waals surface area contributed by atoms with Crippen LogP contribution in [-0.2, 0) is 6.42 Å². The lowest BCUT2D eigenvalue weighted by Crippen LogP contribution is -2.32. The van der Waals surface area contributed by atoms with Crippen molar-refractivity contribution in [3.8, 4) is 0 Å². The highest BCUT2D eigenvalue weighted by atomic mass is 35.5. The van der Waals surface area contributed by atoms with E-state index in [1.165, 1.54) is 0 Å². The number of aromatic nitrogens is 1. The van der Waals surface area contributed by atoms with Crippen LogP contribution in [0.4, 0.5) is 0 Å². The Bertz CT molecular complexity index is 410. The summed E-state index contributed by atoms with van der Waals surface area (Å²) >= 11 is 5.90. The molecule has 0 aliphatic heterocycles. The molecule has 4 nitrogen and oxygen atoms in total. The van der Waals surface area contributed by atoms with Crippen molar-refractivity contribution < 1.29 is 9.90 Å². The summed E-state index contributed by atoms with van der Waals surface area (Å²) in [6, 6.07) is 3.36. The number of pyridine rings is 1. The van der Waals surface area contributed by atoms with E-state index in [0.29, 0.717) is 30.2 Å². The van der Waals surface area contributed by atoms with Gasteiger partial charge in [-0.3, -0.25) is 4.79 Å². The van der Waals surface area contributed by atoms with Gasteiger partial charge in [-0.2, -0.15) is 0 Å². The molecule has 100 valence electrons. The van der Waals surface area contributed by atoms with Crippen LogP contribution in [0.5, 0.6) is 0 Å². The van der Waals surface area contributed by atoms with E-state index in [0.717, 1.165) is 12.1 Å². The van der Waals surface area contributed by atoms with Crippen molar-refractivity contribution in [2.45, 2.75) is 26.7 Å². The maximum Gasteiger partial charge on any atom is 0.254 e. The maximum absolute atomic E-state index is 12.3. The van der Waals surface area contributed by atoms with E-state index >= 15 is 0 Å². The molecule has 0 unspecified atom stereocenters. The first-order valence-corrected chi connectivity index (χ1v) is 6.56. The minimum absolute atomic E-state index is 0.0649. The van der Waals surface area contributed by atoms with Crippen molar-refractivity contribution >= 4 is 17.5 Å². The Labute approximate surface area is 113 Å². The number of aryl methyl sites for hydroxylation is 1. The molecule has 0 aromatic carbocycles. The van der Waals surface area contributed by atoms with E-state index in [1.54, 1.807) is 17.0 Å². The number of nitrogens with zero attached hydrogens (tertiary/aromatic N) is 2. The van der Waals surface area contributed by atoms with Crippen molar-refractivity contribution in [3.05, 3.63) is 28.5 Å². The molecule has 0 aliphatic carbocycles. The Hall–Kier alpha value is -1.13. The zero-order valence-corrected chi connectivity index (χ0v) is 11.6. The van der Waals surface area contributed by atoms with Gasteiger partial charge in [0.25, 0.3) is 5.91 Å². The first-order valence-electron chi connectivity index (χ1n) is 6.19. The topological polar surface area (TPSA) is 53.4 Å². The monoisotopic (exact) mass is 270 g/mol. The van der Waals surface area contributed by atoms with Crippen molar-refractivity contribution in [1.29, 1.82) is 0 Å². The van der Waals surface area contributed by atoms with Crippen molar-refractivity contribution in [1.82, 2.24) is 9.88 Å². The maximum atomic E-state index is 12.3. The Kier molecular flexibility index (Phi) is 6.09. The number of carbonyl (C=O) groups excluding carboxylic acids is 1. The molecule has 0 atom stereocenters. The van der Waals surface area contributed by atoms with E-state index in [9.17, 15) is 4.79 Å². The van der Waals surface area contributed by atoms with E-state index in [1.807, 2.05) is 13.8 Å². The van der Waals surface area contributed by atoms with Gasteiger partial charge in [0.2, 0.25) is 0 Å². The van der Waals surface area contributed by atoms with Gasteiger partial charge in [0.1, 0.15) is 5.15 Å². The fraction of sp³-hybridized carbons (Fsp3) is 0.538. The summed E-state index contributed by atoms with van der Waals surface area (Å²) in [7, 11) is 0. The number of halogens is 1. The van der Waals surface area contributed by atoms with E-state index in [-0.39, 0.29) is 12.5 Å². The molecule has 5 heteroatoms. The van der Waals surface area contributed by atoms with Crippen LogP contribution < -0.4 is 0 Å². The fourth-order valence-electron chi connectivity index (χ4n) is 1.70. The predicted octanol–water partition coefficient (Wildman–Crippen LogP) is 2.14. The molecule has 1 aromatic heterocycles. The second-order valence-electron chi connectivity index (χ2n) is 3.99. The predicted molar refractivity (Wildman–Crippen MR) is 71.9 cm³/mol. The highest BCUT2D eigenvalue weighted by Gasteiger charge is 2.15. The molecule has 1 N–H and O–H groups in total. The summed E-state index contributed by atoms with van der Waals surface area (Å²) in [5, 5.41) is 9.16. The third kappa shape index (κ3) is 3.96. The van der Waals surface area contributed by atoms with Gasteiger partial charge < -0.3 is 10.0 Å². The standard InChI is InChI=1S/C13H19ClN2O2/c1-3-11-8-10(9-12(14)15-11)13(18)16(4-2)6-5-7-17/h8-9,17H,3-7H2,1-2H3. The molecule has 1 amide bonds. The molecule has 0 aliphatic rings. The van der Waals surface area contributed by atoms with Gasteiger partial charge >= 0.3 is 0 Å². The summed E-state index contributed by atoms with van der Waals surface area (Å²) in [6.07, 6.45) is 1.32. The minimum Gasteiger partial charge on any atom is -0.396 e. The van der Waals surface area contributed by atoms with Crippen molar-refractivity contribution in [2.75, 3.05) is 19.7 Å². The molecule has 0 radical (unpaired) electrons. The number of amides is 1. The highest BCUT2D eigenvalue weighted by molar-refractivity contribution is 6.29. The molecule has 0 saturated heterocycles. The second-order valence-corrected chi connectivity index (χ2v) is 4.37. The molecular formula is C13H19ClN2O2. The van der Waals surface area contributed by atoms with Gasteiger partial charge in [-0.05, 0) is 31.9 Å². The molecule has 0 fully saturated rings. The lowest BCUT2D eigenvalue weighted by molar-refractivity contribution is 0.0754. The summed E-state index contributed by atoms with van der Waals surface area (Å²) in [5.41, 5.74) is 1.37. The minimum atomic E-state index is -0.0649. The van der Waals surface area contributed by atoms with Crippen LogP contribution >= 0.6 is 11.6 Å². The summed E-state index contributed by atoms with van der Waals surface area (Å²) in [5.74, 6) is -0.0649. The van der Waals surface area contributed by atoms with Crippen molar-refractivity contribution in [2.24, 2.45) is 0 Å². The zero-order chi connectivity index (χ0) is 13.5. The molecule has 1 rings (SSSR count). The lowest BCUT2D eigenvalue weighted by atomic mass is 10.1. The summed E-state index contributed by atoms with van der Waals surface area (Å²) < 4.78 is 0. The van der Waals surface area contributed by atoms with Gasteiger partial charge in [0.15, 0.2) is 0 Å². The Balaban J connectivity index is 2.90. The number of carbonyl (C=O) groups is 1. The van der Waals surface area contributed by atoms with Crippen LogP contribution in [0, 0.1) is 0 Å². The van der Waals surface area contributed by atoms with Crippen LogP contribution in [0.3, 0.4) is 0 Å². The SMILES string of the molecule is CCc1cc(C(=O)N(CC)CCCO)cc(Cl)n1. The number of rotatable bonds is 6. The normalized spacial score (nSPS) is 10.4. The van der Waals surface area contributed by atoms with Gasteiger partial charge in [0, 0.05) is 31.0 Å². The van der Waals surface area contributed by atoms with E-state index in [2.05, 4.69) is 4.98 Å². The molecule has 1 aromatic rings. The van der Waals surface area contributed by atoms with E-state index in [4.69, 9.17) is 16.7 Å². The van der Waals surface area contributed by atoms with Gasteiger partial charge in [-0.1, -0.05) is 18.5 Å². The Morgan fingerprint density at radius 1 is 1.44 bits per heavy atom. The third-order valence-electron chi connectivity index (χ3n) is 2.71. The number of aliphatic hydroxyl groups excluding tert-OH is 1. The number of hydrogen-bond donors (Lipinski definition) is 1. The van der Waals surface area contributed by atoms with Crippen molar-refractivity contribution in [3.63, 3.8) is 0 Å². The van der Waals surface area contributed by atoms with Gasteiger partial charge in [-0.15, -0.1) is 0 Å². The molecule has 0 spiro atoms. The average Bonchev–Trinajstić information content (AvgIpc) is 2.38. The van der Waals surface area contributed by atoms with Crippen LogP contribution in [0.1, 0.15) is 36.3 Å². The molecule has 18 heavy (non-hydrogen) atoms. The Morgan fingerprint density at radius 3 is 2.72 bits per heavy atom. The highest BCUT2D eigenvalue weighted by Crippen LogP contribution is 2.14. The van der Waals surface area contributed by atoms with Gasteiger partial charge in [-0.25, -0.2) is 4.98 Å². The molecule has 0 saturated carbocycles. The zero-order valence-electron chi connectivity index (χ0n) is 10.8. The summed E-state index contributed by atoms with van der Waals surface area (Å²) in [4.78, 5) is 18.1. The van der Waals surface area contributed by atoms with Gasteiger partial charge in [0.05, 0.1) is 0 Å². The smallest absolute Gasteiger partial charge is 0.254 e. The number of aliphatic hydroxyl groups is 1. The second kappa shape index (κ2) is 7.34. The molecule has 0 bridgehead atoms. The average molecular weight is 271 g/mol.